The van der Waals surface area contributed by atoms with Crippen LogP contribution in [0.3, 0.4) is 0 Å². The fraction of sp³-hybridized carbons (Fsp3) is 0.632. The van der Waals surface area contributed by atoms with Crippen molar-refractivity contribution in [3.8, 4) is 11.5 Å². The summed E-state index contributed by atoms with van der Waals surface area (Å²) in [5, 5.41) is 0. The number of ether oxygens (including phenoxy) is 2. The molecule has 0 aromatic heterocycles. The molecule has 2 N–H and O–H groups in total. The summed E-state index contributed by atoms with van der Waals surface area (Å²) in [5.74, 6) is 1.77. The summed E-state index contributed by atoms with van der Waals surface area (Å²) >= 11 is 0. The number of rotatable bonds is 9. The highest BCUT2D eigenvalue weighted by Crippen LogP contribution is 2.29. The number of carbonyl (C=O) groups is 1. The molecule has 136 valence electrons. The van der Waals surface area contributed by atoms with Gasteiger partial charge in [0.1, 0.15) is 0 Å². The van der Waals surface area contributed by atoms with Crippen molar-refractivity contribution in [3.63, 3.8) is 0 Å². The van der Waals surface area contributed by atoms with Gasteiger partial charge >= 0.3 is 0 Å². The molecular weight excluding hydrogens is 304 g/mol. The molecule has 0 saturated heterocycles. The third kappa shape index (κ3) is 6.04. The SMILES string of the molecule is COc1cc(C(=O)N(C)CC(C)(C)CN)ccc1OCCC(C)C. The lowest BCUT2D eigenvalue weighted by Crippen LogP contribution is -2.39. The van der Waals surface area contributed by atoms with Crippen LogP contribution in [0.1, 0.15) is 44.5 Å². The lowest BCUT2D eigenvalue weighted by molar-refractivity contribution is 0.0740. The minimum atomic E-state index is -0.117. The zero-order valence-corrected chi connectivity index (χ0v) is 15.9. The van der Waals surface area contributed by atoms with Crippen molar-refractivity contribution in [3.05, 3.63) is 23.8 Å². The average Bonchev–Trinajstić information content (AvgIpc) is 2.53. The predicted octanol–water partition coefficient (Wildman–Crippen LogP) is 3.18. The van der Waals surface area contributed by atoms with E-state index < -0.39 is 0 Å². The van der Waals surface area contributed by atoms with Crippen molar-refractivity contribution < 1.29 is 14.3 Å². The first-order valence-electron chi connectivity index (χ1n) is 8.46. The van der Waals surface area contributed by atoms with E-state index in [1.165, 1.54) is 0 Å². The Kier molecular flexibility index (Phi) is 7.55. The molecule has 0 bridgehead atoms. The van der Waals surface area contributed by atoms with Crippen molar-refractivity contribution in [2.24, 2.45) is 17.1 Å². The molecule has 0 aliphatic heterocycles. The molecular formula is C19H32N2O3. The molecule has 0 spiro atoms. The van der Waals surface area contributed by atoms with Gasteiger partial charge in [0.05, 0.1) is 13.7 Å². The van der Waals surface area contributed by atoms with E-state index in [0.29, 0.717) is 42.7 Å². The van der Waals surface area contributed by atoms with Crippen molar-refractivity contribution in [1.82, 2.24) is 4.90 Å². The number of carbonyl (C=O) groups excluding carboxylic acids is 1. The van der Waals surface area contributed by atoms with Crippen molar-refractivity contribution in [1.29, 1.82) is 0 Å². The molecule has 5 nitrogen and oxygen atoms in total. The number of benzene rings is 1. The van der Waals surface area contributed by atoms with E-state index in [2.05, 4.69) is 13.8 Å². The summed E-state index contributed by atoms with van der Waals surface area (Å²) in [4.78, 5) is 14.3. The number of nitrogens with two attached hydrogens (primary N) is 1. The molecule has 0 atom stereocenters. The van der Waals surface area contributed by atoms with Crippen LogP contribution in [0.15, 0.2) is 18.2 Å². The summed E-state index contributed by atoms with van der Waals surface area (Å²) in [6, 6.07) is 5.31. The molecule has 0 radical (unpaired) electrons. The summed E-state index contributed by atoms with van der Waals surface area (Å²) in [6.07, 6.45) is 0.973. The van der Waals surface area contributed by atoms with Gasteiger partial charge in [-0.3, -0.25) is 4.79 Å². The Labute approximate surface area is 146 Å². The second-order valence-electron chi connectivity index (χ2n) is 7.43. The molecule has 1 rings (SSSR count). The normalized spacial score (nSPS) is 11.5. The Morgan fingerprint density at radius 2 is 1.96 bits per heavy atom. The van der Waals surface area contributed by atoms with E-state index in [1.54, 1.807) is 37.3 Å². The van der Waals surface area contributed by atoms with Gasteiger partial charge in [-0.15, -0.1) is 0 Å². The third-order valence-electron chi connectivity index (χ3n) is 3.93. The molecule has 0 aliphatic carbocycles. The van der Waals surface area contributed by atoms with E-state index in [4.69, 9.17) is 15.2 Å². The van der Waals surface area contributed by atoms with Crippen LogP contribution in [0.5, 0.6) is 11.5 Å². The molecule has 24 heavy (non-hydrogen) atoms. The fourth-order valence-corrected chi connectivity index (χ4v) is 2.32. The second-order valence-corrected chi connectivity index (χ2v) is 7.43. The van der Waals surface area contributed by atoms with Crippen LogP contribution in [0.4, 0.5) is 0 Å². The Bertz CT molecular complexity index is 541. The Balaban J connectivity index is 2.84. The molecule has 1 aromatic carbocycles. The molecule has 1 aromatic rings. The van der Waals surface area contributed by atoms with E-state index in [0.717, 1.165) is 6.42 Å². The van der Waals surface area contributed by atoms with E-state index in [9.17, 15) is 4.79 Å². The number of hydrogen-bond donors (Lipinski definition) is 1. The molecule has 5 heteroatoms. The molecule has 0 heterocycles. The highest BCUT2D eigenvalue weighted by Gasteiger charge is 2.22. The zero-order valence-electron chi connectivity index (χ0n) is 15.9. The zero-order chi connectivity index (χ0) is 18.3. The minimum Gasteiger partial charge on any atom is -0.493 e. The van der Waals surface area contributed by atoms with Crippen LogP contribution in [0.2, 0.25) is 0 Å². The van der Waals surface area contributed by atoms with Gasteiger partial charge < -0.3 is 20.1 Å². The van der Waals surface area contributed by atoms with Gasteiger partial charge in [0.15, 0.2) is 11.5 Å². The summed E-state index contributed by atoms with van der Waals surface area (Å²) in [5.41, 5.74) is 6.22. The second kappa shape index (κ2) is 8.92. The summed E-state index contributed by atoms with van der Waals surface area (Å²) in [7, 11) is 3.37. The van der Waals surface area contributed by atoms with E-state index >= 15 is 0 Å². The lowest BCUT2D eigenvalue weighted by atomic mass is 9.93. The number of amides is 1. The van der Waals surface area contributed by atoms with Gasteiger partial charge in [0.2, 0.25) is 0 Å². The highest BCUT2D eigenvalue weighted by molar-refractivity contribution is 5.94. The number of methoxy groups -OCH3 is 1. The Hall–Kier alpha value is -1.75. The molecule has 0 unspecified atom stereocenters. The quantitative estimate of drug-likeness (QED) is 0.752. The van der Waals surface area contributed by atoms with Crippen molar-refractivity contribution in [2.45, 2.75) is 34.1 Å². The summed E-state index contributed by atoms with van der Waals surface area (Å²) in [6.45, 7) is 10.1. The minimum absolute atomic E-state index is 0.0523. The maximum absolute atomic E-state index is 12.6. The first kappa shape index (κ1) is 20.3. The lowest BCUT2D eigenvalue weighted by Gasteiger charge is -2.29. The maximum atomic E-state index is 12.6. The highest BCUT2D eigenvalue weighted by atomic mass is 16.5. The monoisotopic (exact) mass is 336 g/mol. The first-order valence-corrected chi connectivity index (χ1v) is 8.46. The molecule has 0 fully saturated rings. The van der Waals surface area contributed by atoms with Crippen LogP contribution in [0.25, 0.3) is 0 Å². The average molecular weight is 336 g/mol. The standard InChI is InChI=1S/C19H32N2O3/c1-14(2)9-10-24-16-8-7-15(11-17(16)23-6)18(22)21(5)13-19(3,4)12-20/h7-8,11,14H,9-10,12-13,20H2,1-6H3. The smallest absolute Gasteiger partial charge is 0.253 e. The van der Waals surface area contributed by atoms with Crippen LogP contribution < -0.4 is 15.2 Å². The van der Waals surface area contributed by atoms with E-state index in [1.807, 2.05) is 13.8 Å². The van der Waals surface area contributed by atoms with Gasteiger partial charge in [-0.1, -0.05) is 27.7 Å². The van der Waals surface area contributed by atoms with Crippen LogP contribution in [-0.4, -0.2) is 44.7 Å². The van der Waals surface area contributed by atoms with Gasteiger partial charge in [-0.25, -0.2) is 0 Å². The van der Waals surface area contributed by atoms with Crippen molar-refractivity contribution >= 4 is 5.91 Å². The first-order chi connectivity index (χ1) is 11.2. The number of hydrogen-bond acceptors (Lipinski definition) is 4. The van der Waals surface area contributed by atoms with Gasteiger partial charge in [-0.2, -0.15) is 0 Å². The van der Waals surface area contributed by atoms with E-state index in [-0.39, 0.29) is 11.3 Å². The molecule has 1 amide bonds. The topological polar surface area (TPSA) is 64.8 Å². The molecule has 0 aliphatic rings. The fourth-order valence-electron chi connectivity index (χ4n) is 2.32. The van der Waals surface area contributed by atoms with Crippen LogP contribution in [-0.2, 0) is 0 Å². The summed E-state index contributed by atoms with van der Waals surface area (Å²) < 4.78 is 11.1. The Morgan fingerprint density at radius 1 is 1.29 bits per heavy atom. The van der Waals surface area contributed by atoms with Gasteiger partial charge in [0, 0.05) is 19.2 Å². The Morgan fingerprint density at radius 3 is 2.50 bits per heavy atom. The van der Waals surface area contributed by atoms with Crippen molar-refractivity contribution in [2.75, 3.05) is 33.9 Å². The third-order valence-corrected chi connectivity index (χ3v) is 3.93. The largest absolute Gasteiger partial charge is 0.493 e. The molecule has 0 saturated carbocycles. The van der Waals surface area contributed by atoms with Gasteiger partial charge in [-0.05, 0) is 42.5 Å². The van der Waals surface area contributed by atoms with Crippen LogP contribution in [0, 0.1) is 11.3 Å². The van der Waals surface area contributed by atoms with Gasteiger partial charge in [0.25, 0.3) is 5.91 Å². The number of nitrogens with zero attached hydrogens (tertiary/aromatic N) is 1. The predicted molar refractivity (Wildman–Crippen MR) is 97.7 cm³/mol. The maximum Gasteiger partial charge on any atom is 0.253 e. The van der Waals surface area contributed by atoms with Crippen LogP contribution >= 0.6 is 0 Å².